The number of carbonyl (C=O) groups is 2. The molecule has 0 bridgehead atoms. The molecule has 202 valence electrons. The third-order valence-electron chi connectivity index (χ3n) is 6.84. The average Bonchev–Trinajstić information content (AvgIpc) is 3.63. The number of fused-ring (bicyclic) bond motifs is 1. The number of methoxy groups -OCH3 is 1. The largest absolute Gasteiger partial charge is 0.497 e. The van der Waals surface area contributed by atoms with E-state index in [9.17, 15) is 9.59 Å². The van der Waals surface area contributed by atoms with E-state index in [0.717, 1.165) is 23.9 Å². The van der Waals surface area contributed by atoms with Crippen molar-refractivity contribution in [1.29, 1.82) is 0 Å². The highest BCUT2D eigenvalue weighted by molar-refractivity contribution is 6.31. The summed E-state index contributed by atoms with van der Waals surface area (Å²) >= 11 is 6.51. The van der Waals surface area contributed by atoms with E-state index in [1.54, 1.807) is 47.0 Å². The van der Waals surface area contributed by atoms with Crippen LogP contribution in [0.4, 0.5) is 0 Å². The molecule has 39 heavy (non-hydrogen) atoms. The van der Waals surface area contributed by atoms with Crippen LogP contribution in [-0.4, -0.2) is 58.1 Å². The molecule has 0 saturated carbocycles. The van der Waals surface area contributed by atoms with E-state index >= 15 is 0 Å². The Morgan fingerprint density at radius 1 is 1.13 bits per heavy atom. The van der Waals surface area contributed by atoms with E-state index in [4.69, 9.17) is 21.1 Å². The number of nitrogens with zero attached hydrogens (tertiary/aromatic N) is 4. The number of benzene rings is 3. The maximum Gasteiger partial charge on any atom is 0.247 e. The molecule has 9 nitrogen and oxygen atoms in total. The summed E-state index contributed by atoms with van der Waals surface area (Å²) in [6.45, 7) is 1.07. The van der Waals surface area contributed by atoms with Gasteiger partial charge < -0.3 is 19.7 Å². The third-order valence-corrected chi connectivity index (χ3v) is 7.21. The lowest BCUT2D eigenvalue weighted by Crippen LogP contribution is -2.46. The van der Waals surface area contributed by atoms with Gasteiger partial charge in [-0.3, -0.25) is 9.59 Å². The Bertz CT molecular complexity index is 1440. The third kappa shape index (κ3) is 6.21. The van der Waals surface area contributed by atoms with Crippen molar-refractivity contribution >= 4 is 34.4 Å². The van der Waals surface area contributed by atoms with Crippen LogP contribution in [0.15, 0.2) is 72.8 Å². The SMILES string of the molecule is COc1ccc(C(C(=O)NCC2CCCO2)N(Cc2ccccc2Cl)C(=O)Cn2nnc3ccccc32)cc1. The van der Waals surface area contributed by atoms with Crippen LogP contribution in [0.5, 0.6) is 5.75 Å². The van der Waals surface area contributed by atoms with E-state index in [0.29, 0.717) is 35.0 Å². The summed E-state index contributed by atoms with van der Waals surface area (Å²) in [5, 5.41) is 11.9. The molecular weight excluding hydrogens is 518 g/mol. The van der Waals surface area contributed by atoms with Gasteiger partial charge in [0, 0.05) is 24.7 Å². The number of aromatic nitrogens is 3. The van der Waals surface area contributed by atoms with Gasteiger partial charge in [0.25, 0.3) is 0 Å². The number of hydrogen-bond acceptors (Lipinski definition) is 6. The Morgan fingerprint density at radius 3 is 2.64 bits per heavy atom. The normalized spacial score (nSPS) is 15.7. The van der Waals surface area contributed by atoms with Crippen molar-refractivity contribution in [3.05, 3.63) is 88.9 Å². The first-order valence-electron chi connectivity index (χ1n) is 12.9. The maximum absolute atomic E-state index is 14.0. The zero-order chi connectivity index (χ0) is 27.2. The molecule has 5 rings (SSSR count). The van der Waals surface area contributed by atoms with Crippen LogP contribution in [0.3, 0.4) is 0 Å². The summed E-state index contributed by atoms with van der Waals surface area (Å²) in [7, 11) is 1.58. The molecule has 2 atom stereocenters. The highest BCUT2D eigenvalue weighted by Gasteiger charge is 2.33. The highest BCUT2D eigenvalue weighted by Crippen LogP contribution is 2.28. The van der Waals surface area contributed by atoms with Crippen LogP contribution in [0.25, 0.3) is 11.0 Å². The van der Waals surface area contributed by atoms with Gasteiger partial charge in [-0.05, 0) is 54.3 Å². The number of ether oxygens (including phenoxy) is 2. The van der Waals surface area contributed by atoms with Crippen LogP contribution in [-0.2, 0) is 27.4 Å². The number of rotatable bonds is 10. The van der Waals surface area contributed by atoms with Crippen molar-refractivity contribution < 1.29 is 19.1 Å². The Kier molecular flexibility index (Phi) is 8.39. The zero-order valence-corrected chi connectivity index (χ0v) is 22.4. The quantitative estimate of drug-likeness (QED) is 0.320. The number of amides is 2. The lowest BCUT2D eigenvalue weighted by Gasteiger charge is -2.32. The van der Waals surface area contributed by atoms with Crippen LogP contribution >= 0.6 is 11.6 Å². The molecule has 3 aromatic carbocycles. The van der Waals surface area contributed by atoms with Crippen molar-refractivity contribution in [2.75, 3.05) is 20.3 Å². The molecule has 0 aliphatic carbocycles. The minimum Gasteiger partial charge on any atom is -0.497 e. The second-order valence-corrected chi connectivity index (χ2v) is 9.81. The van der Waals surface area contributed by atoms with E-state index in [-0.39, 0.29) is 31.0 Å². The van der Waals surface area contributed by atoms with Crippen molar-refractivity contribution in [1.82, 2.24) is 25.2 Å². The van der Waals surface area contributed by atoms with Crippen LogP contribution in [0.1, 0.15) is 30.0 Å². The molecule has 0 spiro atoms. The van der Waals surface area contributed by atoms with E-state index in [1.807, 2.05) is 42.5 Å². The summed E-state index contributed by atoms with van der Waals surface area (Å²) in [4.78, 5) is 29.4. The molecule has 2 amide bonds. The second kappa shape index (κ2) is 12.3. The first-order valence-corrected chi connectivity index (χ1v) is 13.3. The van der Waals surface area contributed by atoms with E-state index in [2.05, 4.69) is 15.6 Å². The Morgan fingerprint density at radius 2 is 1.90 bits per heavy atom. The van der Waals surface area contributed by atoms with Crippen LogP contribution in [0, 0.1) is 0 Å². The zero-order valence-electron chi connectivity index (χ0n) is 21.6. The monoisotopic (exact) mass is 547 g/mol. The number of nitrogens with one attached hydrogen (secondary N) is 1. The molecular formula is C29H30ClN5O4. The number of hydrogen-bond donors (Lipinski definition) is 1. The van der Waals surface area contributed by atoms with E-state index < -0.39 is 6.04 Å². The first kappa shape index (κ1) is 26.6. The van der Waals surface area contributed by atoms with Gasteiger partial charge in [-0.1, -0.05) is 59.3 Å². The molecule has 0 radical (unpaired) electrons. The Hall–Kier alpha value is -3.95. The van der Waals surface area contributed by atoms with Crippen LogP contribution in [0.2, 0.25) is 5.02 Å². The van der Waals surface area contributed by atoms with Gasteiger partial charge >= 0.3 is 0 Å². The Balaban J connectivity index is 1.51. The van der Waals surface area contributed by atoms with Crippen molar-refractivity contribution in [2.45, 2.75) is 38.1 Å². The molecule has 1 aromatic heterocycles. The van der Waals surface area contributed by atoms with Gasteiger partial charge in [0.2, 0.25) is 11.8 Å². The van der Waals surface area contributed by atoms with Gasteiger partial charge in [0.1, 0.15) is 23.9 Å². The molecule has 1 saturated heterocycles. The molecule has 2 heterocycles. The van der Waals surface area contributed by atoms with Crippen molar-refractivity contribution in [3.8, 4) is 5.75 Å². The molecule has 2 unspecified atom stereocenters. The predicted octanol–water partition coefficient (Wildman–Crippen LogP) is 4.16. The van der Waals surface area contributed by atoms with Crippen LogP contribution < -0.4 is 10.1 Å². The summed E-state index contributed by atoms with van der Waals surface area (Å²) in [5.74, 6) is 0.0357. The molecule has 4 aromatic rings. The van der Waals surface area contributed by atoms with Crippen molar-refractivity contribution in [2.24, 2.45) is 0 Å². The lowest BCUT2D eigenvalue weighted by molar-refractivity contribution is -0.142. The summed E-state index contributed by atoms with van der Waals surface area (Å²) < 4.78 is 12.6. The molecule has 1 fully saturated rings. The lowest BCUT2D eigenvalue weighted by atomic mass is 10.0. The molecule has 1 aliphatic rings. The number of para-hydroxylation sites is 1. The fraction of sp³-hybridized carbons (Fsp3) is 0.310. The topological polar surface area (TPSA) is 98.6 Å². The predicted molar refractivity (Wildman–Crippen MR) is 147 cm³/mol. The summed E-state index contributed by atoms with van der Waals surface area (Å²) in [6.07, 6.45) is 1.81. The summed E-state index contributed by atoms with van der Waals surface area (Å²) in [6, 6.07) is 20.9. The summed E-state index contributed by atoms with van der Waals surface area (Å²) in [5.41, 5.74) is 2.78. The first-order chi connectivity index (χ1) is 19.0. The smallest absolute Gasteiger partial charge is 0.247 e. The molecule has 10 heteroatoms. The maximum atomic E-state index is 14.0. The van der Waals surface area contributed by atoms with Gasteiger partial charge in [0.05, 0.1) is 18.7 Å². The number of halogens is 1. The standard InChI is InChI=1S/C29H30ClN5O4/c1-38-22-14-12-20(13-15-22)28(29(37)31-17-23-8-6-16-39-23)34(18-21-7-2-3-9-24(21)30)27(36)19-35-26-11-5-4-10-25(26)32-33-35/h2-5,7,9-15,23,28H,6,8,16-19H2,1H3,(H,31,37). The minimum absolute atomic E-state index is 0.0419. The Labute approximate surface area is 231 Å². The van der Waals surface area contributed by atoms with Crippen molar-refractivity contribution in [3.63, 3.8) is 0 Å². The molecule has 1 N–H and O–H groups in total. The van der Waals surface area contributed by atoms with E-state index in [1.165, 1.54) is 0 Å². The number of carbonyl (C=O) groups excluding carboxylic acids is 2. The van der Waals surface area contributed by atoms with Gasteiger partial charge in [0.15, 0.2) is 0 Å². The fourth-order valence-electron chi connectivity index (χ4n) is 4.76. The van der Waals surface area contributed by atoms with Gasteiger partial charge in [-0.25, -0.2) is 4.68 Å². The van der Waals surface area contributed by atoms with Gasteiger partial charge in [-0.2, -0.15) is 0 Å². The highest BCUT2D eigenvalue weighted by atomic mass is 35.5. The fourth-order valence-corrected chi connectivity index (χ4v) is 4.96. The molecule has 1 aliphatic heterocycles. The average molecular weight is 548 g/mol. The van der Waals surface area contributed by atoms with Gasteiger partial charge in [-0.15, -0.1) is 5.10 Å². The second-order valence-electron chi connectivity index (χ2n) is 9.40. The minimum atomic E-state index is -0.934.